The van der Waals surface area contributed by atoms with Crippen molar-refractivity contribution in [2.75, 3.05) is 0 Å². The summed E-state index contributed by atoms with van der Waals surface area (Å²) in [7, 11) is 0. The Hall–Kier alpha value is -0.720. The Morgan fingerprint density at radius 2 is 2.08 bits per heavy atom. The van der Waals surface area contributed by atoms with Crippen LogP contribution in [0.25, 0.3) is 0 Å². The minimum Gasteiger partial charge on any atom is -0.469 e. The minimum absolute atomic E-state index is 1.09. The molecular formula is C11H18O. The second-order valence-corrected chi connectivity index (χ2v) is 3.31. The molecule has 0 fully saturated rings. The molecule has 0 atom stereocenters. The number of rotatable bonds is 5. The standard InChI is InChI=1S/C11H18O/c1-3-4-5-6-7-11-8-9-12-10(11)2/h8-9H,3-7H2,1-2H3. The van der Waals surface area contributed by atoms with Crippen LogP contribution in [0.15, 0.2) is 16.7 Å². The molecule has 0 unspecified atom stereocenters. The highest BCUT2D eigenvalue weighted by atomic mass is 16.3. The van der Waals surface area contributed by atoms with Gasteiger partial charge in [0.15, 0.2) is 0 Å². The molecule has 1 rings (SSSR count). The molecule has 0 spiro atoms. The molecule has 1 heterocycles. The Kier molecular flexibility index (Phi) is 3.92. The van der Waals surface area contributed by atoms with Gasteiger partial charge < -0.3 is 4.42 Å². The highest BCUT2D eigenvalue weighted by Crippen LogP contribution is 2.12. The number of hydrogen-bond acceptors (Lipinski definition) is 1. The second-order valence-electron chi connectivity index (χ2n) is 3.31. The zero-order valence-electron chi connectivity index (χ0n) is 8.10. The van der Waals surface area contributed by atoms with Gasteiger partial charge in [-0.05, 0) is 31.4 Å². The first-order valence-corrected chi connectivity index (χ1v) is 4.87. The van der Waals surface area contributed by atoms with Crippen molar-refractivity contribution in [2.45, 2.75) is 46.0 Å². The van der Waals surface area contributed by atoms with E-state index in [0.29, 0.717) is 0 Å². The van der Waals surface area contributed by atoms with Gasteiger partial charge in [0.05, 0.1) is 6.26 Å². The average molecular weight is 166 g/mol. The van der Waals surface area contributed by atoms with Crippen molar-refractivity contribution < 1.29 is 4.42 Å². The molecule has 0 bridgehead atoms. The molecule has 0 N–H and O–H groups in total. The lowest BCUT2D eigenvalue weighted by Gasteiger charge is -1.97. The van der Waals surface area contributed by atoms with Gasteiger partial charge in [-0.15, -0.1) is 0 Å². The maximum atomic E-state index is 5.22. The summed E-state index contributed by atoms with van der Waals surface area (Å²) in [6.07, 6.45) is 8.28. The Bertz CT molecular complexity index is 213. The van der Waals surface area contributed by atoms with Gasteiger partial charge in [-0.2, -0.15) is 0 Å². The predicted octanol–water partition coefficient (Wildman–Crippen LogP) is 3.71. The van der Waals surface area contributed by atoms with E-state index in [9.17, 15) is 0 Å². The first-order valence-electron chi connectivity index (χ1n) is 4.87. The topological polar surface area (TPSA) is 13.1 Å². The van der Waals surface area contributed by atoms with Crippen molar-refractivity contribution in [3.8, 4) is 0 Å². The average Bonchev–Trinajstić information content (AvgIpc) is 2.46. The normalized spacial score (nSPS) is 10.5. The van der Waals surface area contributed by atoms with Crippen LogP contribution in [0.4, 0.5) is 0 Å². The third kappa shape index (κ3) is 2.72. The number of aryl methyl sites for hydroxylation is 2. The van der Waals surface area contributed by atoms with Crippen molar-refractivity contribution in [1.82, 2.24) is 0 Å². The van der Waals surface area contributed by atoms with Crippen molar-refractivity contribution >= 4 is 0 Å². The molecule has 0 saturated carbocycles. The van der Waals surface area contributed by atoms with Gasteiger partial charge in [-0.1, -0.05) is 26.2 Å². The Morgan fingerprint density at radius 1 is 1.25 bits per heavy atom. The summed E-state index contributed by atoms with van der Waals surface area (Å²) >= 11 is 0. The highest BCUT2D eigenvalue weighted by molar-refractivity contribution is 5.15. The summed E-state index contributed by atoms with van der Waals surface area (Å²) < 4.78 is 5.22. The van der Waals surface area contributed by atoms with Crippen LogP contribution in [0.2, 0.25) is 0 Å². The molecular weight excluding hydrogens is 148 g/mol. The van der Waals surface area contributed by atoms with Crippen molar-refractivity contribution in [2.24, 2.45) is 0 Å². The summed E-state index contributed by atoms with van der Waals surface area (Å²) in [4.78, 5) is 0. The molecule has 0 aliphatic carbocycles. The lowest BCUT2D eigenvalue weighted by atomic mass is 10.1. The van der Waals surface area contributed by atoms with E-state index in [1.165, 1.54) is 37.7 Å². The van der Waals surface area contributed by atoms with Gasteiger partial charge in [0.25, 0.3) is 0 Å². The van der Waals surface area contributed by atoms with Crippen LogP contribution >= 0.6 is 0 Å². The van der Waals surface area contributed by atoms with Crippen LogP contribution in [0.3, 0.4) is 0 Å². The van der Waals surface area contributed by atoms with Crippen molar-refractivity contribution in [3.63, 3.8) is 0 Å². The van der Waals surface area contributed by atoms with E-state index in [1.54, 1.807) is 6.26 Å². The van der Waals surface area contributed by atoms with Gasteiger partial charge in [-0.25, -0.2) is 0 Å². The van der Waals surface area contributed by atoms with Crippen LogP contribution < -0.4 is 0 Å². The number of furan rings is 1. The Balaban J connectivity index is 2.20. The predicted molar refractivity (Wildman–Crippen MR) is 51.3 cm³/mol. The lowest BCUT2D eigenvalue weighted by molar-refractivity contribution is 0.528. The summed E-state index contributed by atoms with van der Waals surface area (Å²) in [5, 5.41) is 0. The van der Waals surface area contributed by atoms with Gasteiger partial charge in [0.2, 0.25) is 0 Å². The van der Waals surface area contributed by atoms with E-state index in [2.05, 4.69) is 13.0 Å². The summed E-state index contributed by atoms with van der Waals surface area (Å²) in [5.41, 5.74) is 1.38. The zero-order valence-corrected chi connectivity index (χ0v) is 8.10. The number of unbranched alkanes of at least 4 members (excludes halogenated alkanes) is 3. The molecule has 68 valence electrons. The highest BCUT2D eigenvalue weighted by Gasteiger charge is 1.99. The van der Waals surface area contributed by atoms with E-state index < -0.39 is 0 Å². The zero-order chi connectivity index (χ0) is 8.81. The SMILES string of the molecule is CCCCCCc1ccoc1C. The van der Waals surface area contributed by atoms with Gasteiger partial charge >= 0.3 is 0 Å². The molecule has 0 aliphatic heterocycles. The first-order chi connectivity index (χ1) is 5.84. The van der Waals surface area contributed by atoms with Gasteiger partial charge in [0.1, 0.15) is 5.76 Å². The molecule has 0 aliphatic rings. The molecule has 12 heavy (non-hydrogen) atoms. The fourth-order valence-electron chi connectivity index (χ4n) is 1.41. The largest absolute Gasteiger partial charge is 0.469 e. The van der Waals surface area contributed by atoms with E-state index in [0.717, 1.165) is 5.76 Å². The van der Waals surface area contributed by atoms with Crippen LogP contribution in [0.1, 0.15) is 43.9 Å². The fourth-order valence-corrected chi connectivity index (χ4v) is 1.41. The van der Waals surface area contributed by atoms with Crippen LogP contribution in [0, 0.1) is 6.92 Å². The van der Waals surface area contributed by atoms with Gasteiger partial charge in [-0.3, -0.25) is 0 Å². The molecule has 1 heteroatoms. The Labute approximate surface area is 74.8 Å². The first kappa shape index (κ1) is 9.37. The summed E-state index contributed by atoms with van der Waals surface area (Å²) in [6, 6.07) is 2.08. The lowest BCUT2D eigenvalue weighted by Crippen LogP contribution is -1.85. The molecule has 1 aromatic heterocycles. The van der Waals surface area contributed by atoms with Crippen LogP contribution in [-0.2, 0) is 6.42 Å². The third-order valence-electron chi connectivity index (χ3n) is 2.27. The second kappa shape index (κ2) is 5.02. The summed E-state index contributed by atoms with van der Waals surface area (Å²) in [6.45, 7) is 4.28. The quantitative estimate of drug-likeness (QED) is 0.608. The molecule has 0 aromatic carbocycles. The van der Waals surface area contributed by atoms with Crippen LogP contribution in [-0.4, -0.2) is 0 Å². The maximum absolute atomic E-state index is 5.22. The van der Waals surface area contributed by atoms with Gasteiger partial charge in [0, 0.05) is 0 Å². The van der Waals surface area contributed by atoms with E-state index in [1.807, 2.05) is 6.92 Å². The number of hydrogen-bond donors (Lipinski definition) is 0. The molecule has 1 aromatic rings. The smallest absolute Gasteiger partial charge is 0.103 e. The van der Waals surface area contributed by atoms with Crippen molar-refractivity contribution in [3.05, 3.63) is 23.7 Å². The molecule has 1 nitrogen and oxygen atoms in total. The van der Waals surface area contributed by atoms with Crippen molar-refractivity contribution in [1.29, 1.82) is 0 Å². The molecule has 0 amide bonds. The minimum atomic E-state index is 1.09. The van der Waals surface area contributed by atoms with E-state index in [-0.39, 0.29) is 0 Å². The fraction of sp³-hybridized carbons (Fsp3) is 0.636. The maximum Gasteiger partial charge on any atom is 0.103 e. The third-order valence-corrected chi connectivity index (χ3v) is 2.27. The van der Waals surface area contributed by atoms with Crippen LogP contribution in [0.5, 0.6) is 0 Å². The Morgan fingerprint density at radius 3 is 2.67 bits per heavy atom. The summed E-state index contributed by atoms with van der Waals surface area (Å²) in [5.74, 6) is 1.09. The van der Waals surface area contributed by atoms with E-state index in [4.69, 9.17) is 4.42 Å². The monoisotopic (exact) mass is 166 g/mol. The van der Waals surface area contributed by atoms with E-state index >= 15 is 0 Å². The molecule has 0 saturated heterocycles. The molecule has 0 radical (unpaired) electrons.